The number of carbonyl (C=O) groups is 1. The van der Waals surface area contributed by atoms with Gasteiger partial charge in [-0.1, -0.05) is 29.8 Å². The first-order valence-electron chi connectivity index (χ1n) is 7.75. The molecule has 0 saturated carbocycles. The SMILES string of the molecule is COC(=O)[C@]1(C(F)(F)F)N=C2C=C(C)C=CN2C(c2ccc(C)cc2)=N1. The van der Waals surface area contributed by atoms with Crippen molar-refractivity contribution in [1.82, 2.24) is 4.90 Å². The second kappa shape index (κ2) is 6.12. The predicted molar refractivity (Wildman–Crippen MR) is 90.7 cm³/mol. The van der Waals surface area contributed by atoms with Crippen molar-refractivity contribution in [3.63, 3.8) is 0 Å². The van der Waals surface area contributed by atoms with Gasteiger partial charge in [0.15, 0.2) is 0 Å². The Morgan fingerprint density at radius 3 is 2.38 bits per heavy atom. The van der Waals surface area contributed by atoms with Crippen LogP contribution in [0, 0.1) is 6.92 Å². The van der Waals surface area contributed by atoms with E-state index < -0.39 is 17.8 Å². The number of fused-ring (bicyclic) bond motifs is 1. The van der Waals surface area contributed by atoms with Crippen LogP contribution in [-0.2, 0) is 9.53 Å². The summed E-state index contributed by atoms with van der Waals surface area (Å²) in [6.07, 6.45) is -0.295. The number of ether oxygens (including phenoxy) is 1. The van der Waals surface area contributed by atoms with E-state index in [-0.39, 0.29) is 11.7 Å². The molecule has 3 rings (SSSR count). The van der Waals surface area contributed by atoms with Crippen molar-refractivity contribution in [2.75, 3.05) is 7.11 Å². The fourth-order valence-electron chi connectivity index (χ4n) is 2.64. The molecule has 1 aromatic carbocycles. The van der Waals surface area contributed by atoms with Crippen LogP contribution in [0.4, 0.5) is 13.2 Å². The number of hydrogen-bond acceptors (Lipinski definition) is 5. The first-order chi connectivity index (χ1) is 12.2. The van der Waals surface area contributed by atoms with Gasteiger partial charge in [-0.15, -0.1) is 0 Å². The highest BCUT2D eigenvalue weighted by Gasteiger charge is 2.64. The highest BCUT2D eigenvalue weighted by atomic mass is 19.4. The van der Waals surface area contributed by atoms with E-state index in [1.807, 2.05) is 6.92 Å². The summed E-state index contributed by atoms with van der Waals surface area (Å²) in [5, 5.41) is 0. The molecule has 1 atom stereocenters. The van der Waals surface area contributed by atoms with Crippen LogP contribution in [0.2, 0.25) is 0 Å². The van der Waals surface area contributed by atoms with Crippen LogP contribution in [0.3, 0.4) is 0 Å². The number of esters is 1. The first-order valence-corrected chi connectivity index (χ1v) is 7.75. The lowest BCUT2D eigenvalue weighted by molar-refractivity contribution is -0.202. The number of amidine groups is 2. The molecule has 2 aliphatic heterocycles. The minimum atomic E-state index is -5.06. The minimum absolute atomic E-state index is 0.0294. The monoisotopic (exact) mass is 363 g/mol. The summed E-state index contributed by atoms with van der Waals surface area (Å²) in [6.45, 7) is 3.59. The van der Waals surface area contributed by atoms with Gasteiger partial charge in [-0.3, -0.25) is 4.90 Å². The lowest BCUT2D eigenvalue weighted by Gasteiger charge is -2.36. The average Bonchev–Trinajstić information content (AvgIpc) is 2.59. The molecule has 0 radical (unpaired) electrons. The largest absolute Gasteiger partial charge is 0.465 e. The molecular formula is C18H16F3N3O2. The summed E-state index contributed by atoms with van der Waals surface area (Å²) in [5.41, 5.74) is -1.27. The summed E-state index contributed by atoms with van der Waals surface area (Å²) in [4.78, 5) is 20.9. The summed E-state index contributed by atoms with van der Waals surface area (Å²) in [6, 6.07) is 6.81. The standard InChI is InChI=1S/C18H16F3N3O2/c1-11-4-6-13(7-5-11)15-23-17(16(25)26-3,18(19,20)21)22-14-10-12(2)8-9-24(14)15/h4-10H,1-3H3/t17-/m0/s1. The number of carbonyl (C=O) groups excluding carboxylic acids is 1. The first kappa shape index (κ1) is 17.9. The molecular weight excluding hydrogens is 347 g/mol. The van der Waals surface area contributed by atoms with Gasteiger partial charge in [-0.2, -0.15) is 13.2 Å². The molecule has 26 heavy (non-hydrogen) atoms. The summed E-state index contributed by atoms with van der Waals surface area (Å²) in [7, 11) is 0.880. The van der Waals surface area contributed by atoms with Crippen molar-refractivity contribution in [3.8, 4) is 0 Å². The second-order valence-corrected chi connectivity index (χ2v) is 6.01. The molecule has 5 nitrogen and oxygen atoms in total. The highest BCUT2D eigenvalue weighted by Crippen LogP contribution is 2.40. The van der Waals surface area contributed by atoms with Gasteiger partial charge in [-0.05, 0) is 31.6 Å². The van der Waals surface area contributed by atoms with Crippen LogP contribution in [0.25, 0.3) is 0 Å². The molecule has 0 aliphatic carbocycles. The zero-order chi connectivity index (χ0) is 19.1. The number of allylic oxidation sites excluding steroid dienone is 2. The molecule has 0 bridgehead atoms. The third kappa shape index (κ3) is 2.81. The average molecular weight is 363 g/mol. The quantitative estimate of drug-likeness (QED) is 0.757. The van der Waals surface area contributed by atoms with Gasteiger partial charge in [0.25, 0.3) is 0 Å². The Labute approximate surface area is 148 Å². The maximum atomic E-state index is 13.9. The van der Waals surface area contributed by atoms with Gasteiger partial charge in [0.1, 0.15) is 11.7 Å². The van der Waals surface area contributed by atoms with E-state index in [1.54, 1.807) is 43.5 Å². The number of halogens is 3. The molecule has 8 heteroatoms. The van der Waals surface area contributed by atoms with Crippen molar-refractivity contribution in [2.24, 2.45) is 9.98 Å². The maximum Gasteiger partial charge on any atom is 0.445 e. The van der Waals surface area contributed by atoms with Gasteiger partial charge in [0.05, 0.1) is 7.11 Å². The molecule has 2 heterocycles. The van der Waals surface area contributed by atoms with E-state index >= 15 is 0 Å². The van der Waals surface area contributed by atoms with Crippen LogP contribution in [0.5, 0.6) is 0 Å². The molecule has 0 fully saturated rings. The van der Waals surface area contributed by atoms with Crippen LogP contribution >= 0.6 is 0 Å². The van der Waals surface area contributed by atoms with Crippen molar-refractivity contribution >= 4 is 17.6 Å². The summed E-state index contributed by atoms with van der Waals surface area (Å²) >= 11 is 0. The third-order valence-electron chi connectivity index (χ3n) is 4.04. The van der Waals surface area contributed by atoms with E-state index in [2.05, 4.69) is 14.7 Å². The Hall–Kier alpha value is -2.90. The van der Waals surface area contributed by atoms with E-state index in [9.17, 15) is 18.0 Å². The van der Waals surface area contributed by atoms with Crippen molar-refractivity contribution in [3.05, 3.63) is 59.3 Å². The lowest BCUT2D eigenvalue weighted by Crippen LogP contribution is -2.55. The molecule has 1 aromatic rings. The van der Waals surface area contributed by atoms with Gasteiger partial charge in [0, 0.05) is 11.8 Å². The molecule has 0 unspecified atom stereocenters. The normalized spacial score (nSPS) is 22.2. The smallest absolute Gasteiger partial charge is 0.445 e. The lowest BCUT2D eigenvalue weighted by atomic mass is 10.0. The van der Waals surface area contributed by atoms with Gasteiger partial charge < -0.3 is 4.74 Å². The predicted octanol–water partition coefficient (Wildman–Crippen LogP) is 3.36. The van der Waals surface area contributed by atoms with Crippen LogP contribution in [0.15, 0.2) is 58.2 Å². The number of hydrogen-bond donors (Lipinski definition) is 0. The Bertz CT molecular complexity index is 867. The molecule has 0 spiro atoms. The summed E-state index contributed by atoms with van der Waals surface area (Å²) < 4.78 is 46.0. The molecule has 136 valence electrons. The fraction of sp³-hybridized carbons (Fsp3) is 0.278. The van der Waals surface area contributed by atoms with E-state index in [0.717, 1.165) is 12.7 Å². The van der Waals surface area contributed by atoms with Gasteiger partial charge in [0.2, 0.25) is 0 Å². The molecule has 0 N–H and O–H groups in total. The van der Waals surface area contributed by atoms with Crippen molar-refractivity contribution < 1.29 is 22.7 Å². The zero-order valence-corrected chi connectivity index (χ0v) is 14.3. The van der Waals surface area contributed by atoms with Crippen molar-refractivity contribution in [1.29, 1.82) is 0 Å². The van der Waals surface area contributed by atoms with Crippen LogP contribution in [-0.4, -0.2) is 41.5 Å². The number of aryl methyl sites for hydroxylation is 1. The topological polar surface area (TPSA) is 54.3 Å². The number of alkyl halides is 3. The number of benzene rings is 1. The van der Waals surface area contributed by atoms with Gasteiger partial charge in [-0.25, -0.2) is 14.8 Å². The summed E-state index contributed by atoms with van der Waals surface area (Å²) in [5.74, 6) is -1.64. The van der Waals surface area contributed by atoms with Crippen molar-refractivity contribution in [2.45, 2.75) is 25.7 Å². The Morgan fingerprint density at radius 1 is 1.15 bits per heavy atom. The number of rotatable bonds is 2. The Balaban J connectivity index is 2.27. The maximum absolute atomic E-state index is 13.9. The molecule has 0 aromatic heterocycles. The van der Waals surface area contributed by atoms with E-state index in [1.165, 1.54) is 11.0 Å². The highest BCUT2D eigenvalue weighted by molar-refractivity contribution is 6.17. The Kier molecular flexibility index (Phi) is 4.21. The van der Waals surface area contributed by atoms with Gasteiger partial charge >= 0.3 is 17.8 Å². The molecule has 0 saturated heterocycles. The Morgan fingerprint density at radius 2 is 1.81 bits per heavy atom. The zero-order valence-electron chi connectivity index (χ0n) is 14.3. The minimum Gasteiger partial charge on any atom is -0.465 e. The molecule has 0 amide bonds. The fourth-order valence-corrected chi connectivity index (χ4v) is 2.64. The molecule has 2 aliphatic rings. The van der Waals surface area contributed by atoms with E-state index in [0.29, 0.717) is 11.1 Å². The van der Waals surface area contributed by atoms with E-state index in [4.69, 9.17) is 0 Å². The number of aliphatic imine (C=N–C) groups is 2. The van der Waals surface area contributed by atoms with Crippen LogP contribution < -0.4 is 0 Å². The number of nitrogens with zero attached hydrogens (tertiary/aromatic N) is 3. The third-order valence-corrected chi connectivity index (χ3v) is 4.04. The van der Waals surface area contributed by atoms with Crippen LogP contribution in [0.1, 0.15) is 18.1 Å². The number of methoxy groups -OCH3 is 1. The second-order valence-electron chi connectivity index (χ2n) is 6.01.